The van der Waals surface area contributed by atoms with Crippen LogP contribution >= 0.6 is 22.7 Å². The fourth-order valence-electron chi connectivity index (χ4n) is 4.03. The highest BCUT2D eigenvalue weighted by molar-refractivity contribution is 7.18. The van der Waals surface area contributed by atoms with Crippen LogP contribution in [0.3, 0.4) is 0 Å². The SMILES string of the molecule is Cc1nc2ccc(C(=O)NCC3CCC(c4nnc(-c5cccs5)o4)CC3)cc2s1. The highest BCUT2D eigenvalue weighted by Gasteiger charge is 2.27. The van der Waals surface area contributed by atoms with Crippen molar-refractivity contribution in [1.29, 1.82) is 0 Å². The van der Waals surface area contributed by atoms with E-state index in [2.05, 4.69) is 20.5 Å². The zero-order valence-electron chi connectivity index (χ0n) is 16.6. The van der Waals surface area contributed by atoms with Crippen LogP contribution in [0.2, 0.25) is 0 Å². The predicted molar refractivity (Wildman–Crippen MR) is 119 cm³/mol. The number of hydrogen-bond donors (Lipinski definition) is 1. The number of rotatable bonds is 5. The van der Waals surface area contributed by atoms with Gasteiger partial charge in [0, 0.05) is 18.0 Å². The van der Waals surface area contributed by atoms with Crippen molar-refractivity contribution in [3.63, 3.8) is 0 Å². The number of nitrogens with one attached hydrogen (secondary N) is 1. The van der Waals surface area contributed by atoms with E-state index in [9.17, 15) is 4.79 Å². The number of fused-ring (bicyclic) bond motifs is 1. The minimum absolute atomic E-state index is 0.0115. The Balaban J connectivity index is 1.14. The minimum Gasteiger partial charge on any atom is -0.420 e. The standard InChI is InChI=1S/C22H22N4O2S2/c1-13-24-17-9-8-16(11-19(17)30-13)20(27)23-12-14-4-6-15(7-5-14)21-25-26-22(28-21)18-3-2-10-29-18/h2-3,8-11,14-15H,4-7,12H2,1H3,(H,23,27). The van der Waals surface area contributed by atoms with Crippen LogP contribution in [0.25, 0.3) is 21.0 Å². The molecule has 1 aliphatic rings. The Morgan fingerprint density at radius 3 is 2.87 bits per heavy atom. The van der Waals surface area contributed by atoms with Crippen LogP contribution in [0.5, 0.6) is 0 Å². The number of amides is 1. The van der Waals surface area contributed by atoms with Crippen molar-refractivity contribution in [3.05, 3.63) is 52.2 Å². The van der Waals surface area contributed by atoms with Gasteiger partial charge in [-0.15, -0.1) is 32.9 Å². The number of carbonyl (C=O) groups excluding carboxylic acids is 1. The summed E-state index contributed by atoms with van der Waals surface area (Å²) in [4.78, 5) is 18.0. The first-order valence-electron chi connectivity index (χ1n) is 10.2. The van der Waals surface area contributed by atoms with Crippen molar-refractivity contribution in [2.75, 3.05) is 6.54 Å². The molecule has 0 saturated heterocycles. The fraction of sp³-hybridized carbons (Fsp3) is 0.364. The number of hydrogen-bond acceptors (Lipinski definition) is 7. The first kappa shape index (κ1) is 19.4. The molecule has 4 aromatic rings. The maximum absolute atomic E-state index is 12.6. The molecular formula is C22H22N4O2S2. The van der Waals surface area contributed by atoms with E-state index in [0.717, 1.165) is 51.7 Å². The van der Waals surface area contributed by atoms with Gasteiger partial charge in [0.15, 0.2) is 0 Å². The number of thiazole rings is 1. The number of aryl methyl sites for hydroxylation is 1. The van der Waals surface area contributed by atoms with E-state index >= 15 is 0 Å². The topological polar surface area (TPSA) is 80.9 Å². The Kier molecular flexibility index (Phi) is 5.35. The van der Waals surface area contributed by atoms with Crippen LogP contribution in [0, 0.1) is 12.8 Å². The summed E-state index contributed by atoms with van der Waals surface area (Å²) >= 11 is 3.22. The van der Waals surface area contributed by atoms with Gasteiger partial charge in [-0.2, -0.15) is 0 Å². The van der Waals surface area contributed by atoms with Gasteiger partial charge in [0.1, 0.15) is 0 Å². The molecule has 3 aromatic heterocycles. The lowest BCUT2D eigenvalue weighted by molar-refractivity contribution is 0.0942. The molecule has 1 fully saturated rings. The molecule has 0 spiro atoms. The molecule has 154 valence electrons. The van der Waals surface area contributed by atoms with Gasteiger partial charge in [-0.3, -0.25) is 4.79 Å². The normalized spacial score (nSPS) is 19.2. The van der Waals surface area contributed by atoms with Gasteiger partial charge < -0.3 is 9.73 Å². The Labute approximate surface area is 182 Å². The highest BCUT2D eigenvalue weighted by atomic mass is 32.1. The van der Waals surface area contributed by atoms with Crippen molar-refractivity contribution in [2.24, 2.45) is 5.92 Å². The van der Waals surface area contributed by atoms with Gasteiger partial charge in [0.05, 0.1) is 20.1 Å². The summed E-state index contributed by atoms with van der Waals surface area (Å²) in [6, 6.07) is 9.70. The third kappa shape index (κ3) is 4.02. The van der Waals surface area contributed by atoms with Crippen LogP contribution in [0.4, 0.5) is 0 Å². The van der Waals surface area contributed by atoms with Gasteiger partial charge in [0.2, 0.25) is 5.89 Å². The Morgan fingerprint density at radius 1 is 1.20 bits per heavy atom. The van der Waals surface area contributed by atoms with E-state index in [4.69, 9.17) is 4.42 Å². The fourth-order valence-corrected chi connectivity index (χ4v) is 5.54. The molecule has 5 rings (SSSR count). The van der Waals surface area contributed by atoms with Gasteiger partial charge in [-0.05, 0) is 68.2 Å². The molecule has 1 amide bonds. The second-order valence-electron chi connectivity index (χ2n) is 7.77. The molecule has 1 aromatic carbocycles. The van der Waals surface area contributed by atoms with Crippen LogP contribution in [-0.2, 0) is 0 Å². The highest BCUT2D eigenvalue weighted by Crippen LogP contribution is 2.36. The molecule has 0 atom stereocenters. The molecule has 1 N–H and O–H groups in total. The number of benzene rings is 1. The molecule has 0 bridgehead atoms. The average molecular weight is 439 g/mol. The van der Waals surface area contributed by atoms with Crippen molar-refractivity contribution >= 4 is 38.8 Å². The van der Waals surface area contributed by atoms with Crippen LogP contribution in [-0.4, -0.2) is 27.6 Å². The third-order valence-corrected chi connectivity index (χ3v) is 7.47. The zero-order chi connectivity index (χ0) is 20.5. The monoisotopic (exact) mass is 438 g/mol. The summed E-state index contributed by atoms with van der Waals surface area (Å²) in [6.07, 6.45) is 4.13. The van der Waals surface area contributed by atoms with Crippen molar-refractivity contribution in [1.82, 2.24) is 20.5 Å². The first-order valence-corrected chi connectivity index (χ1v) is 11.9. The lowest BCUT2D eigenvalue weighted by Gasteiger charge is -2.26. The number of aromatic nitrogens is 3. The Hall–Kier alpha value is -2.58. The number of nitrogens with zero attached hydrogens (tertiary/aromatic N) is 3. The van der Waals surface area contributed by atoms with Gasteiger partial charge >= 0.3 is 0 Å². The lowest BCUT2D eigenvalue weighted by atomic mass is 9.82. The summed E-state index contributed by atoms with van der Waals surface area (Å²) in [7, 11) is 0. The molecule has 0 unspecified atom stereocenters. The van der Waals surface area contributed by atoms with E-state index in [-0.39, 0.29) is 5.91 Å². The Morgan fingerprint density at radius 2 is 2.07 bits per heavy atom. The van der Waals surface area contributed by atoms with Gasteiger partial charge in [0.25, 0.3) is 11.8 Å². The third-order valence-electron chi connectivity index (χ3n) is 5.68. The van der Waals surface area contributed by atoms with Gasteiger partial charge in [-0.1, -0.05) is 6.07 Å². The molecule has 8 heteroatoms. The second kappa shape index (κ2) is 8.28. The molecule has 30 heavy (non-hydrogen) atoms. The molecule has 6 nitrogen and oxygen atoms in total. The molecular weight excluding hydrogens is 416 g/mol. The zero-order valence-corrected chi connectivity index (χ0v) is 18.3. The van der Waals surface area contributed by atoms with Crippen molar-refractivity contribution in [3.8, 4) is 10.8 Å². The quantitative estimate of drug-likeness (QED) is 0.450. The predicted octanol–water partition coefficient (Wildman–Crippen LogP) is 5.42. The summed E-state index contributed by atoms with van der Waals surface area (Å²) in [5.74, 6) is 2.15. The Bertz CT molecular complexity index is 1160. The summed E-state index contributed by atoms with van der Waals surface area (Å²) in [5, 5.41) is 14.6. The van der Waals surface area contributed by atoms with E-state index in [0.29, 0.717) is 29.8 Å². The molecule has 1 aliphatic carbocycles. The lowest BCUT2D eigenvalue weighted by Crippen LogP contribution is -2.31. The van der Waals surface area contributed by atoms with E-state index in [1.165, 1.54) is 0 Å². The van der Waals surface area contributed by atoms with Crippen LogP contribution in [0.1, 0.15) is 52.9 Å². The largest absolute Gasteiger partial charge is 0.420 e. The van der Waals surface area contributed by atoms with E-state index in [1.54, 1.807) is 22.7 Å². The van der Waals surface area contributed by atoms with E-state index < -0.39 is 0 Å². The number of thiophene rings is 1. The van der Waals surface area contributed by atoms with E-state index in [1.807, 2.05) is 42.6 Å². The summed E-state index contributed by atoms with van der Waals surface area (Å²) in [6.45, 7) is 2.69. The molecule has 0 radical (unpaired) electrons. The maximum atomic E-state index is 12.6. The summed E-state index contributed by atoms with van der Waals surface area (Å²) < 4.78 is 6.97. The van der Waals surface area contributed by atoms with Gasteiger partial charge in [-0.25, -0.2) is 4.98 Å². The molecule has 3 heterocycles. The average Bonchev–Trinajstić information content (AvgIpc) is 3.51. The van der Waals surface area contributed by atoms with Crippen LogP contribution in [0.15, 0.2) is 40.1 Å². The van der Waals surface area contributed by atoms with Crippen LogP contribution < -0.4 is 5.32 Å². The smallest absolute Gasteiger partial charge is 0.257 e. The van der Waals surface area contributed by atoms with Crippen molar-refractivity contribution < 1.29 is 9.21 Å². The molecule has 0 aliphatic heterocycles. The number of carbonyl (C=O) groups is 1. The maximum Gasteiger partial charge on any atom is 0.257 e. The summed E-state index contributed by atoms with van der Waals surface area (Å²) in [5.41, 5.74) is 1.66. The minimum atomic E-state index is -0.0115. The second-order valence-corrected chi connectivity index (χ2v) is 9.95. The molecule has 1 saturated carbocycles. The first-order chi connectivity index (χ1) is 14.7. The van der Waals surface area contributed by atoms with Crippen molar-refractivity contribution in [2.45, 2.75) is 38.5 Å².